The topological polar surface area (TPSA) is 58.4 Å². The summed E-state index contributed by atoms with van der Waals surface area (Å²) >= 11 is 3.38. The summed E-state index contributed by atoms with van der Waals surface area (Å²) in [6.07, 6.45) is 0. The lowest BCUT2D eigenvalue weighted by Gasteiger charge is -2.27. The predicted octanol–water partition coefficient (Wildman–Crippen LogP) is 2.47. The summed E-state index contributed by atoms with van der Waals surface area (Å²) < 4.78 is 0.970. The monoisotopic (exact) mass is 355 g/mol. The maximum atomic E-state index is 12.3. The first-order valence-electron chi connectivity index (χ1n) is 7.36. The van der Waals surface area contributed by atoms with Gasteiger partial charge in [0.1, 0.15) is 5.54 Å². The van der Waals surface area contributed by atoms with Gasteiger partial charge in [0.15, 0.2) is 0 Å². The van der Waals surface area contributed by atoms with Gasteiger partial charge in [0.2, 0.25) is 5.91 Å². The molecule has 0 fully saturated rings. The molecule has 3 N–H and O–H groups in total. The maximum Gasteiger partial charge on any atom is 0.244 e. The normalized spacial score (nSPS) is 14.3. The number of hydrogen-bond donors (Lipinski definition) is 2. The van der Waals surface area contributed by atoms with E-state index < -0.39 is 5.54 Å². The molecule has 0 saturated heterocycles. The third-order valence-corrected chi connectivity index (χ3v) is 4.27. The lowest BCUT2D eigenvalue weighted by atomic mass is 9.92. The number of carbonyl (C=O) groups is 1. The molecule has 0 aliphatic rings. The fraction of sp³-hybridized carbons (Fsp3) is 0.562. The zero-order chi connectivity index (χ0) is 16.0. The van der Waals surface area contributed by atoms with Crippen LogP contribution in [0.25, 0.3) is 0 Å². The van der Waals surface area contributed by atoms with Crippen LogP contribution in [0.15, 0.2) is 28.7 Å². The highest BCUT2D eigenvalue weighted by Gasteiger charge is 2.30. The molecule has 0 bridgehead atoms. The Balaban J connectivity index is 2.59. The molecule has 4 nitrogen and oxygen atoms in total. The van der Waals surface area contributed by atoms with Crippen molar-refractivity contribution in [1.29, 1.82) is 0 Å². The number of nitrogens with zero attached hydrogens (tertiary/aromatic N) is 1. The van der Waals surface area contributed by atoms with E-state index in [0.29, 0.717) is 12.6 Å². The zero-order valence-corrected chi connectivity index (χ0v) is 14.9. The van der Waals surface area contributed by atoms with Gasteiger partial charge >= 0.3 is 0 Å². The number of benzene rings is 1. The molecular weight excluding hydrogens is 330 g/mol. The molecule has 1 aromatic rings. The molecule has 0 heterocycles. The molecule has 21 heavy (non-hydrogen) atoms. The minimum absolute atomic E-state index is 0.148. The first kappa shape index (κ1) is 18.1. The maximum absolute atomic E-state index is 12.3. The van der Waals surface area contributed by atoms with Crippen LogP contribution in [0.3, 0.4) is 0 Å². The number of nitrogens with one attached hydrogen (secondary N) is 1. The van der Waals surface area contributed by atoms with E-state index in [0.717, 1.165) is 23.1 Å². The Labute approximate surface area is 136 Å². The SMILES string of the molecule is CCN(CCNC(=O)C(C)(N)c1ccc(Br)cc1)C(C)C. The van der Waals surface area contributed by atoms with Crippen LogP contribution in [0.2, 0.25) is 0 Å². The molecule has 1 rings (SSSR count). The Kier molecular flexibility index (Phi) is 6.84. The van der Waals surface area contributed by atoms with E-state index >= 15 is 0 Å². The van der Waals surface area contributed by atoms with Gasteiger partial charge in [0.25, 0.3) is 0 Å². The van der Waals surface area contributed by atoms with Gasteiger partial charge in [-0.25, -0.2) is 0 Å². The Bertz CT molecular complexity index is 457. The number of amides is 1. The number of carbonyl (C=O) groups excluding carboxylic acids is 1. The Hall–Kier alpha value is -0.910. The lowest BCUT2D eigenvalue weighted by Crippen LogP contribution is -2.50. The van der Waals surface area contributed by atoms with Gasteiger partial charge in [-0.1, -0.05) is 35.0 Å². The fourth-order valence-electron chi connectivity index (χ4n) is 2.21. The highest BCUT2D eigenvalue weighted by molar-refractivity contribution is 9.10. The van der Waals surface area contributed by atoms with Gasteiger partial charge < -0.3 is 11.1 Å². The van der Waals surface area contributed by atoms with Crippen molar-refractivity contribution in [1.82, 2.24) is 10.2 Å². The van der Waals surface area contributed by atoms with Crippen LogP contribution in [0, 0.1) is 0 Å². The number of nitrogens with two attached hydrogens (primary N) is 1. The standard InChI is InChI=1S/C16H26BrN3O/c1-5-20(12(2)3)11-10-19-15(21)16(4,18)13-6-8-14(17)9-7-13/h6-9,12H,5,10-11,18H2,1-4H3,(H,19,21). The van der Waals surface area contributed by atoms with Crippen LogP contribution < -0.4 is 11.1 Å². The molecule has 0 spiro atoms. The Morgan fingerprint density at radius 3 is 2.43 bits per heavy atom. The second-order valence-electron chi connectivity index (χ2n) is 5.69. The Morgan fingerprint density at radius 2 is 1.95 bits per heavy atom. The first-order valence-corrected chi connectivity index (χ1v) is 8.15. The molecule has 5 heteroatoms. The lowest BCUT2D eigenvalue weighted by molar-refractivity contribution is -0.126. The largest absolute Gasteiger partial charge is 0.353 e. The first-order chi connectivity index (χ1) is 9.78. The Morgan fingerprint density at radius 1 is 1.38 bits per heavy atom. The van der Waals surface area contributed by atoms with Gasteiger partial charge in [-0.2, -0.15) is 0 Å². The van der Waals surface area contributed by atoms with Gasteiger partial charge in [0, 0.05) is 23.6 Å². The molecule has 0 saturated carbocycles. The van der Waals surface area contributed by atoms with Crippen molar-refractivity contribution in [2.24, 2.45) is 5.73 Å². The van der Waals surface area contributed by atoms with Crippen molar-refractivity contribution >= 4 is 21.8 Å². The average Bonchev–Trinajstić information content (AvgIpc) is 2.43. The van der Waals surface area contributed by atoms with Gasteiger partial charge in [-0.05, 0) is 45.0 Å². The summed E-state index contributed by atoms with van der Waals surface area (Å²) in [5.41, 5.74) is 5.99. The van der Waals surface area contributed by atoms with E-state index in [9.17, 15) is 4.79 Å². The zero-order valence-electron chi connectivity index (χ0n) is 13.3. The van der Waals surface area contributed by atoms with Crippen molar-refractivity contribution in [3.05, 3.63) is 34.3 Å². The van der Waals surface area contributed by atoms with Gasteiger partial charge in [-0.15, -0.1) is 0 Å². The third-order valence-electron chi connectivity index (χ3n) is 3.74. The summed E-state index contributed by atoms with van der Waals surface area (Å²) in [5, 5.41) is 2.94. The summed E-state index contributed by atoms with van der Waals surface area (Å²) in [6, 6.07) is 8.01. The molecule has 0 aromatic heterocycles. The summed E-state index contributed by atoms with van der Waals surface area (Å²) in [6.45, 7) is 10.6. The molecule has 118 valence electrons. The number of rotatable bonds is 7. The predicted molar refractivity (Wildman–Crippen MR) is 91.1 cm³/mol. The summed E-state index contributed by atoms with van der Waals surface area (Å²) in [4.78, 5) is 14.6. The second kappa shape index (κ2) is 7.92. The van der Waals surface area contributed by atoms with Gasteiger partial charge in [0.05, 0.1) is 0 Å². The van der Waals surface area contributed by atoms with Crippen molar-refractivity contribution in [2.45, 2.75) is 39.3 Å². The number of likely N-dealkylation sites (N-methyl/N-ethyl adjacent to an activating group) is 1. The fourth-order valence-corrected chi connectivity index (χ4v) is 2.47. The molecule has 1 unspecified atom stereocenters. The summed E-state index contributed by atoms with van der Waals surface area (Å²) in [7, 11) is 0. The molecule has 0 aliphatic carbocycles. The third kappa shape index (κ3) is 5.09. The molecule has 0 aliphatic heterocycles. The molecule has 1 aromatic carbocycles. The van der Waals surface area contributed by atoms with Gasteiger partial charge in [-0.3, -0.25) is 9.69 Å². The quantitative estimate of drug-likeness (QED) is 0.789. The van der Waals surface area contributed by atoms with Crippen LogP contribution in [-0.2, 0) is 10.3 Å². The smallest absolute Gasteiger partial charge is 0.244 e. The van der Waals surface area contributed by atoms with E-state index in [1.54, 1.807) is 6.92 Å². The molecule has 1 amide bonds. The van der Waals surface area contributed by atoms with E-state index in [4.69, 9.17) is 5.73 Å². The summed E-state index contributed by atoms with van der Waals surface area (Å²) in [5.74, 6) is -0.148. The van der Waals surface area contributed by atoms with Crippen molar-refractivity contribution in [2.75, 3.05) is 19.6 Å². The van der Waals surface area contributed by atoms with Crippen LogP contribution >= 0.6 is 15.9 Å². The van der Waals surface area contributed by atoms with E-state index in [1.165, 1.54) is 0 Å². The van der Waals surface area contributed by atoms with E-state index in [-0.39, 0.29) is 5.91 Å². The second-order valence-corrected chi connectivity index (χ2v) is 6.60. The van der Waals surface area contributed by atoms with E-state index in [1.807, 2.05) is 24.3 Å². The van der Waals surface area contributed by atoms with E-state index in [2.05, 4.69) is 46.9 Å². The average molecular weight is 356 g/mol. The van der Waals surface area contributed by atoms with Crippen molar-refractivity contribution < 1.29 is 4.79 Å². The molecule has 0 radical (unpaired) electrons. The number of hydrogen-bond acceptors (Lipinski definition) is 3. The van der Waals surface area contributed by atoms with Crippen LogP contribution in [-0.4, -0.2) is 36.5 Å². The van der Waals surface area contributed by atoms with Crippen molar-refractivity contribution in [3.63, 3.8) is 0 Å². The van der Waals surface area contributed by atoms with Crippen molar-refractivity contribution in [3.8, 4) is 0 Å². The molecule has 1 atom stereocenters. The highest BCUT2D eigenvalue weighted by atomic mass is 79.9. The highest BCUT2D eigenvalue weighted by Crippen LogP contribution is 2.20. The van der Waals surface area contributed by atoms with Crippen LogP contribution in [0.5, 0.6) is 0 Å². The minimum atomic E-state index is -1.02. The number of halogens is 1. The van der Waals surface area contributed by atoms with Crippen LogP contribution in [0.1, 0.15) is 33.3 Å². The minimum Gasteiger partial charge on any atom is -0.353 e. The van der Waals surface area contributed by atoms with Crippen LogP contribution in [0.4, 0.5) is 0 Å². The molecular formula is C16H26BrN3O.